The van der Waals surface area contributed by atoms with Crippen LogP contribution in [0, 0.1) is 5.92 Å². The highest BCUT2D eigenvalue weighted by molar-refractivity contribution is 5.67. The predicted molar refractivity (Wildman–Crippen MR) is 62.2 cm³/mol. The molecule has 0 aliphatic carbocycles. The molecule has 96 valence electrons. The molecule has 0 aromatic rings. The maximum Gasteiger partial charge on any atom is 0.305 e. The average molecular weight is 232 g/mol. The smallest absolute Gasteiger partial charge is 0.305 e. The largest absolute Gasteiger partial charge is 0.481 e. The molecule has 0 heterocycles. The van der Waals surface area contributed by atoms with Gasteiger partial charge in [-0.1, -0.05) is 26.7 Å². The van der Waals surface area contributed by atoms with Gasteiger partial charge in [0.1, 0.15) is 0 Å². The normalized spacial score (nSPS) is 15.1. The van der Waals surface area contributed by atoms with Gasteiger partial charge in [0.15, 0.2) is 0 Å². The van der Waals surface area contributed by atoms with Gasteiger partial charge in [-0.25, -0.2) is 0 Å². The Balaban J connectivity index is 3.72. The first-order chi connectivity index (χ1) is 7.49. The summed E-state index contributed by atoms with van der Waals surface area (Å²) in [7, 11) is 0. The number of aliphatic hydroxyl groups excluding tert-OH is 2. The molecule has 0 bridgehead atoms. The van der Waals surface area contributed by atoms with E-state index in [2.05, 4.69) is 13.8 Å². The Morgan fingerprint density at radius 2 is 1.62 bits per heavy atom. The fourth-order valence-corrected chi connectivity index (χ4v) is 1.84. The number of rotatable bonds is 9. The Hall–Kier alpha value is -0.610. The van der Waals surface area contributed by atoms with E-state index >= 15 is 0 Å². The van der Waals surface area contributed by atoms with Crippen LogP contribution in [0.1, 0.15) is 52.4 Å². The minimum absolute atomic E-state index is 0.159. The second-order valence-electron chi connectivity index (χ2n) is 4.40. The number of aliphatic carboxylic acids is 1. The van der Waals surface area contributed by atoms with E-state index in [9.17, 15) is 15.0 Å². The van der Waals surface area contributed by atoms with Crippen molar-refractivity contribution in [3.63, 3.8) is 0 Å². The highest BCUT2D eigenvalue weighted by Crippen LogP contribution is 2.18. The van der Waals surface area contributed by atoms with Gasteiger partial charge in [-0.15, -0.1) is 0 Å². The quantitative estimate of drug-likeness (QED) is 0.566. The van der Waals surface area contributed by atoms with Crippen molar-refractivity contribution in [2.24, 2.45) is 5.92 Å². The zero-order valence-electron chi connectivity index (χ0n) is 10.2. The summed E-state index contributed by atoms with van der Waals surface area (Å²) in [5.74, 6) is -0.411. The summed E-state index contributed by atoms with van der Waals surface area (Å²) < 4.78 is 0. The molecule has 4 nitrogen and oxygen atoms in total. The highest BCUT2D eigenvalue weighted by atomic mass is 16.4. The monoisotopic (exact) mass is 232 g/mol. The van der Waals surface area contributed by atoms with Gasteiger partial charge >= 0.3 is 5.97 Å². The van der Waals surface area contributed by atoms with Crippen molar-refractivity contribution in [1.82, 2.24) is 0 Å². The summed E-state index contributed by atoms with van der Waals surface area (Å²) in [6.45, 7) is 4.25. The molecule has 0 spiro atoms. The first-order valence-electron chi connectivity index (χ1n) is 6.07. The van der Waals surface area contributed by atoms with Gasteiger partial charge in [-0.2, -0.15) is 0 Å². The van der Waals surface area contributed by atoms with Gasteiger partial charge in [-0.3, -0.25) is 4.79 Å². The number of hydrogen-bond donors (Lipinski definition) is 3. The van der Waals surface area contributed by atoms with E-state index in [1.54, 1.807) is 0 Å². The molecular formula is C12H24O4. The second-order valence-corrected chi connectivity index (χ2v) is 4.40. The third-order valence-corrected chi connectivity index (χ3v) is 3.02. The molecule has 0 radical (unpaired) electrons. The lowest BCUT2D eigenvalue weighted by molar-refractivity contribution is -0.139. The van der Waals surface area contributed by atoms with Crippen LogP contribution in [0.2, 0.25) is 0 Å². The molecule has 16 heavy (non-hydrogen) atoms. The molecule has 0 amide bonds. The number of aliphatic hydroxyl groups is 2. The molecule has 0 aliphatic rings. The molecule has 0 saturated carbocycles. The van der Waals surface area contributed by atoms with Crippen molar-refractivity contribution in [3.05, 3.63) is 0 Å². The van der Waals surface area contributed by atoms with Gasteiger partial charge in [-0.05, 0) is 25.2 Å². The van der Waals surface area contributed by atoms with Crippen LogP contribution < -0.4 is 0 Å². The van der Waals surface area contributed by atoms with E-state index in [4.69, 9.17) is 5.11 Å². The van der Waals surface area contributed by atoms with E-state index < -0.39 is 18.2 Å². The average Bonchev–Trinajstić information content (AvgIpc) is 2.17. The van der Waals surface area contributed by atoms with Crippen molar-refractivity contribution >= 4 is 5.97 Å². The van der Waals surface area contributed by atoms with Gasteiger partial charge in [0.25, 0.3) is 0 Å². The molecule has 2 unspecified atom stereocenters. The van der Waals surface area contributed by atoms with E-state index in [-0.39, 0.29) is 12.8 Å². The molecule has 0 saturated heterocycles. The van der Waals surface area contributed by atoms with Crippen molar-refractivity contribution < 1.29 is 20.1 Å². The zero-order chi connectivity index (χ0) is 12.6. The minimum atomic E-state index is -1.03. The Morgan fingerprint density at radius 3 is 2.06 bits per heavy atom. The molecule has 0 aromatic carbocycles. The molecule has 0 aromatic heterocycles. The molecule has 0 rings (SSSR count). The SMILES string of the molecule is CCC(CC)CCC(O)CC(O)CC(=O)O. The van der Waals surface area contributed by atoms with Gasteiger partial charge in [0, 0.05) is 0 Å². The zero-order valence-corrected chi connectivity index (χ0v) is 10.2. The van der Waals surface area contributed by atoms with Crippen LogP contribution in [0.15, 0.2) is 0 Å². The molecule has 0 fully saturated rings. The van der Waals surface area contributed by atoms with E-state index in [1.165, 1.54) is 0 Å². The molecule has 0 aliphatic heterocycles. The van der Waals surface area contributed by atoms with Crippen LogP contribution in [0.3, 0.4) is 0 Å². The van der Waals surface area contributed by atoms with Crippen molar-refractivity contribution in [2.75, 3.05) is 0 Å². The number of carbonyl (C=O) groups is 1. The van der Waals surface area contributed by atoms with Crippen molar-refractivity contribution in [3.8, 4) is 0 Å². The molecule has 4 heteroatoms. The lowest BCUT2D eigenvalue weighted by Crippen LogP contribution is -2.21. The summed E-state index contributed by atoms with van der Waals surface area (Å²) in [6.07, 6.45) is 2.12. The summed E-state index contributed by atoms with van der Waals surface area (Å²) in [6, 6.07) is 0. The lowest BCUT2D eigenvalue weighted by atomic mass is 9.94. The second kappa shape index (κ2) is 8.53. The first-order valence-corrected chi connectivity index (χ1v) is 6.07. The van der Waals surface area contributed by atoms with Gasteiger partial charge < -0.3 is 15.3 Å². The van der Waals surface area contributed by atoms with Crippen LogP contribution in [-0.2, 0) is 4.79 Å². The number of hydrogen-bond acceptors (Lipinski definition) is 3. The third-order valence-electron chi connectivity index (χ3n) is 3.02. The number of carboxylic acids is 1. The Labute approximate surface area is 97.3 Å². The summed E-state index contributed by atoms with van der Waals surface area (Å²) in [5.41, 5.74) is 0. The van der Waals surface area contributed by atoms with Crippen LogP contribution in [-0.4, -0.2) is 33.5 Å². The summed E-state index contributed by atoms with van der Waals surface area (Å²) in [5, 5.41) is 27.4. The maximum absolute atomic E-state index is 10.3. The third kappa shape index (κ3) is 7.65. The molecular weight excluding hydrogens is 208 g/mol. The number of carboxylic acid groups (broad SMARTS) is 1. The van der Waals surface area contributed by atoms with Gasteiger partial charge in [0.2, 0.25) is 0 Å². The molecule has 3 N–H and O–H groups in total. The van der Waals surface area contributed by atoms with Crippen LogP contribution >= 0.6 is 0 Å². The van der Waals surface area contributed by atoms with E-state index in [0.29, 0.717) is 12.3 Å². The van der Waals surface area contributed by atoms with E-state index in [1.807, 2.05) is 0 Å². The van der Waals surface area contributed by atoms with Crippen molar-refractivity contribution in [2.45, 2.75) is 64.6 Å². The van der Waals surface area contributed by atoms with Gasteiger partial charge in [0.05, 0.1) is 18.6 Å². The lowest BCUT2D eigenvalue weighted by Gasteiger charge is -2.17. The first kappa shape index (κ1) is 15.4. The van der Waals surface area contributed by atoms with Crippen LogP contribution in [0.25, 0.3) is 0 Å². The fraction of sp³-hybridized carbons (Fsp3) is 0.917. The standard InChI is InChI=1S/C12H24O4/c1-3-9(4-2)5-6-10(13)7-11(14)8-12(15)16/h9-11,13-14H,3-8H2,1-2H3,(H,15,16). The summed E-state index contributed by atoms with van der Waals surface area (Å²) in [4.78, 5) is 10.3. The Bertz CT molecular complexity index is 189. The van der Waals surface area contributed by atoms with Crippen LogP contribution in [0.4, 0.5) is 0 Å². The Kier molecular flexibility index (Phi) is 8.21. The fourth-order valence-electron chi connectivity index (χ4n) is 1.84. The van der Waals surface area contributed by atoms with Crippen molar-refractivity contribution in [1.29, 1.82) is 0 Å². The predicted octanol–water partition coefficient (Wildman–Crippen LogP) is 1.79. The highest BCUT2D eigenvalue weighted by Gasteiger charge is 2.16. The van der Waals surface area contributed by atoms with E-state index in [0.717, 1.165) is 19.3 Å². The molecule has 2 atom stereocenters. The minimum Gasteiger partial charge on any atom is -0.481 e. The maximum atomic E-state index is 10.3. The Morgan fingerprint density at radius 1 is 1.06 bits per heavy atom. The van der Waals surface area contributed by atoms with Crippen LogP contribution in [0.5, 0.6) is 0 Å². The topological polar surface area (TPSA) is 77.8 Å². The summed E-state index contributed by atoms with van der Waals surface area (Å²) >= 11 is 0.